The van der Waals surface area contributed by atoms with E-state index in [0.29, 0.717) is 43.4 Å². The minimum atomic E-state index is -0.0460. The Morgan fingerprint density at radius 2 is 2.00 bits per heavy atom. The van der Waals surface area contributed by atoms with Crippen molar-refractivity contribution in [2.24, 2.45) is 5.73 Å². The van der Waals surface area contributed by atoms with Crippen LogP contribution in [0, 0.1) is 0 Å². The van der Waals surface area contributed by atoms with E-state index < -0.39 is 0 Å². The van der Waals surface area contributed by atoms with Crippen LogP contribution in [-0.2, 0) is 11.2 Å². The van der Waals surface area contributed by atoms with E-state index in [1.165, 1.54) is 5.56 Å². The summed E-state index contributed by atoms with van der Waals surface area (Å²) in [6.45, 7) is 1.21. The molecular weight excluding hydrogens is 368 g/mol. The van der Waals surface area contributed by atoms with Crippen LogP contribution < -0.4 is 5.73 Å². The van der Waals surface area contributed by atoms with E-state index in [0.717, 1.165) is 0 Å². The van der Waals surface area contributed by atoms with E-state index in [-0.39, 0.29) is 30.3 Å². The lowest BCUT2D eigenvalue weighted by Crippen LogP contribution is -2.32. The molecule has 1 saturated heterocycles. The molecule has 27 heavy (non-hydrogen) atoms. The first-order chi connectivity index (χ1) is 12.7. The van der Waals surface area contributed by atoms with Gasteiger partial charge in [0.15, 0.2) is 5.76 Å². The molecule has 0 unspecified atom stereocenters. The number of halogens is 1. The van der Waals surface area contributed by atoms with Gasteiger partial charge in [0.1, 0.15) is 0 Å². The van der Waals surface area contributed by atoms with Crippen molar-refractivity contribution in [3.63, 3.8) is 0 Å². The number of carbonyl (C=O) groups is 1. The van der Waals surface area contributed by atoms with E-state index >= 15 is 0 Å². The Bertz CT molecular complexity index is 866. The predicted octanol–water partition coefficient (Wildman–Crippen LogP) is 2.64. The van der Waals surface area contributed by atoms with Crippen LogP contribution in [0.3, 0.4) is 0 Å². The van der Waals surface area contributed by atoms with Gasteiger partial charge in [0.2, 0.25) is 17.6 Å². The topological polar surface area (TPSA) is 98.4 Å². The highest BCUT2D eigenvalue weighted by Gasteiger charge is 2.33. The number of nitrogens with two attached hydrogens (primary N) is 1. The summed E-state index contributed by atoms with van der Waals surface area (Å²) in [5, 5.41) is 3.87. The Kier molecular flexibility index (Phi) is 5.93. The summed E-state index contributed by atoms with van der Waals surface area (Å²) in [5.74, 6) is 1.59. The largest absolute Gasteiger partial charge is 0.461 e. The standard InChI is InChI=1S/C19H20N4O3.ClH/c20-15-12-23(11-14(15)13-5-2-1-3-6-13)18(24)9-8-17-21-19(22-26-17)16-7-4-10-25-16;/h1-7,10,14-15H,8-9,11-12,20H2;1H/t14-,15+;/m0./s1. The number of amides is 1. The van der Waals surface area contributed by atoms with Crippen molar-refractivity contribution < 1.29 is 13.7 Å². The Morgan fingerprint density at radius 1 is 1.19 bits per heavy atom. The second-order valence-electron chi connectivity index (χ2n) is 6.47. The van der Waals surface area contributed by atoms with Crippen molar-refractivity contribution in [2.75, 3.05) is 13.1 Å². The van der Waals surface area contributed by atoms with Crippen LogP contribution in [0.4, 0.5) is 0 Å². The molecule has 0 saturated carbocycles. The van der Waals surface area contributed by atoms with Gasteiger partial charge in [-0.05, 0) is 17.7 Å². The number of hydrogen-bond donors (Lipinski definition) is 1. The van der Waals surface area contributed by atoms with Gasteiger partial charge in [-0.25, -0.2) is 0 Å². The number of rotatable bonds is 5. The Balaban J connectivity index is 0.00000210. The number of nitrogens with zero attached hydrogens (tertiary/aromatic N) is 3. The maximum absolute atomic E-state index is 12.5. The maximum Gasteiger partial charge on any atom is 0.238 e. The highest BCUT2D eigenvalue weighted by molar-refractivity contribution is 5.85. The molecule has 2 atom stereocenters. The van der Waals surface area contributed by atoms with Gasteiger partial charge in [-0.15, -0.1) is 12.4 Å². The summed E-state index contributed by atoms with van der Waals surface area (Å²) in [6, 6.07) is 13.6. The number of aromatic nitrogens is 2. The van der Waals surface area contributed by atoms with Crippen molar-refractivity contribution >= 4 is 18.3 Å². The smallest absolute Gasteiger partial charge is 0.238 e. The Labute approximate surface area is 162 Å². The van der Waals surface area contributed by atoms with E-state index in [2.05, 4.69) is 22.3 Å². The minimum absolute atomic E-state index is 0. The first-order valence-corrected chi connectivity index (χ1v) is 8.65. The van der Waals surface area contributed by atoms with E-state index in [9.17, 15) is 4.79 Å². The number of carbonyl (C=O) groups excluding carboxylic acids is 1. The van der Waals surface area contributed by atoms with Crippen LogP contribution in [0.15, 0.2) is 57.7 Å². The molecule has 0 aliphatic carbocycles. The van der Waals surface area contributed by atoms with Crippen LogP contribution in [0.5, 0.6) is 0 Å². The van der Waals surface area contributed by atoms with Gasteiger partial charge in [0.05, 0.1) is 6.26 Å². The number of furan rings is 1. The maximum atomic E-state index is 12.5. The molecule has 3 aromatic rings. The number of aryl methyl sites for hydroxylation is 1. The van der Waals surface area contributed by atoms with Crippen LogP contribution >= 0.6 is 12.4 Å². The van der Waals surface area contributed by atoms with Gasteiger partial charge in [0, 0.05) is 37.9 Å². The molecule has 0 spiro atoms. The van der Waals surface area contributed by atoms with Crippen LogP contribution in [0.1, 0.15) is 23.8 Å². The molecule has 0 bridgehead atoms. The summed E-state index contributed by atoms with van der Waals surface area (Å²) < 4.78 is 10.4. The van der Waals surface area contributed by atoms with Crippen LogP contribution in [0.25, 0.3) is 11.6 Å². The molecule has 3 heterocycles. The molecule has 2 N–H and O–H groups in total. The Hall–Kier alpha value is -2.64. The molecule has 1 aliphatic rings. The van der Waals surface area contributed by atoms with Gasteiger partial charge in [0.25, 0.3) is 0 Å². The number of benzene rings is 1. The van der Waals surface area contributed by atoms with Gasteiger partial charge >= 0.3 is 0 Å². The molecular formula is C19H21ClN4O3. The first-order valence-electron chi connectivity index (χ1n) is 8.65. The first kappa shape index (κ1) is 19.1. The quantitative estimate of drug-likeness (QED) is 0.721. The fourth-order valence-electron chi connectivity index (χ4n) is 3.32. The lowest BCUT2D eigenvalue weighted by atomic mass is 9.95. The molecule has 8 heteroatoms. The van der Waals surface area contributed by atoms with Crippen LogP contribution in [-0.4, -0.2) is 40.1 Å². The lowest BCUT2D eigenvalue weighted by molar-refractivity contribution is -0.130. The van der Waals surface area contributed by atoms with E-state index in [1.54, 1.807) is 18.4 Å². The molecule has 0 radical (unpaired) electrons. The monoisotopic (exact) mass is 388 g/mol. The van der Waals surface area contributed by atoms with Crippen molar-refractivity contribution in [3.05, 3.63) is 60.2 Å². The van der Waals surface area contributed by atoms with Crippen LogP contribution in [0.2, 0.25) is 0 Å². The van der Waals surface area contributed by atoms with Gasteiger partial charge in [-0.1, -0.05) is 35.5 Å². The predicted molar refractivity (Wildman–Crippen MR) is 101 cm³/mol. The van der Waals surface area contributed by atoms with Crippen molar-refractivity contribution in [1.29, 1.82) is 0 Å². The summed E-state index contributed by atoms with van der Waals surface area (Å²) >= 11 is 0. The van der Waals surface area contributed by atoms with Gasteiger partial charge < -0.3 is 19.6 Å². The highest BCUT2D eigenvalue weighted by atomic mass is 35.5. The summed E-state index contributed by atoms with van der Waals surface area (Å²) in [4.78, 5) is 18.6. The van der Waals surface area contributed by atoms with Gasteiger partial charge in [-0.2, -0.15) is 4.98 Å². The number of hydrogen-bond acceptors (Lipinski definition) is 6. The normalized spacial score (nSPS) is 19.1. The lowest BCUT2D eigenvalue weighted by Gasteiger charge is -2.16. The third-order valence-corrected chi connectivity index (χ3v) is 4.71. The second-order valence-corrected chi connectivity index (χ2v) is 6.47. The summed E-state index contributed by atoms with van der Waals surface area (Å²) in [5.41, 5.74) is 7.44. The molecule has 4 rings (SSSR count). The molecule has 1 amide bonds. The van der Waals surface area contributed by atoms with E-state index in [4.69, 9.17) is 14.7 Å². The fraction of sp³-hybridized carbons (Fsp3) is 0.316. The zero-order valence-electron chi connectivity index (χ0n) is 14.7. The third-order valence-electron chi connectivity index (χ3n) is 4.71. The minimum Gasteiger partial charge on any atom is -0.461 e. The summed E-state index contributed by atoms with van der Waals surface area (Å²) in [7, 11) is 0. The van der Waals surface area contributed by atoms with E-state index in [1.807, 2.05) is 23.1 Å². The molecule has 142 valence electrons. The van der Waals surface area contributed by atoms with Crippen molar-refractivity contribution in [3.8, 4) is 11.6 Å². The molecule has 1 aliphatic heterocycles. The van der Waals surface area contributed by atoms with Gasteiger partial charge in [-0.3, -0.25) is 4.79 Å². The molecule has 1 fully saturated rings. The molecule has 2 aromatic heterocycles. The zero-order chi connectivity index (χ0) is 17.9. The fourth-order valence-corrected chi connectivity index (χ4v) is 3.32. The highest BCUT2D eigenvalue weighted by Crippen LogP contribution is 2.27. The average Bonchev–Trinajstić information content (AvgIpc) is 3.40. The van der Waals surface area contributed by atoms with Crippen molar-refractivity contribution in [1.82, 2.24) is 15.0 Å². The average molecular weight is 389 g/mol. The third kappa shape index (κ3) is 4.20. The zero-order valence-corrected chi connectivity index (χ0v) is 15.5. The second kappa shape index (κ2) is 8.37. The molecule has 7 nitrogen and oxygen atoms in total. The summed E-state index contributed by atoms with van der Waals surface area (Å²) in [6.07, 6.45) is 2.26. The Morgan fingerprint density at radius 3 is 2.74 bits per heavy atom. The van der Waals surface area contributed by atoms with Crippen molar-refractivity contribution in [2.45, 2.75) is 24.8 Å². The SMILES string of the molecule is Cl.N[C@@H]1CN(C(=O)CCc2nc(-c3ccco3)no2)C[C@H]1c1ccccc1. The number of likely N-dealkylation sites (tertiary alicyclic amines) is 1. The molecule has 1 aromatic carbocycles.